The molecule has 0 amide bonds. The molecule has 130 valence electrons. The van der Waals surface area contributed by atoms with Gasteiger partial charge in [0.15, 0.2) is 0 Å². The van der Waals surface area contributed by atoms with Crippen molar-refractivity contribution < 1.29 is 4.42 Å². The third kappa shape index (κ3) is 3.83. The molecule has 1 aliphatic rings. The van der Waals surface area contributed by atoms with Gasteiger partial charge < -0.3 is 4.42 Å². The van der Waals surface area contributed by atoms with Gasteiger partial charge in [0.2, 0.25) is 5.89 Å². The Morgan fingerprint density at radius 1 is 1.12 bits per heavy atom. The summed E-state index contributed by atoms with van der Waals surface area (Å²) in [6, 6.07) is 15.0. The molecule has 0 N–H and O–H groups in total. The molecule has 0 aliphatic carbocycles. The summed E-state index contributed by atoms with van der Waals surface area (Å²) in [4.78, 5) is 3.50. The number of piperidine rings is 1. The summed E-state index contributed by atoms with van der Waals surface area (Å²) in [5.41, 5.74) is 1.45. The Hall–Kier alpha value is -1.98. The molecule has 1 aromatic carbocycles. The van der Waals surface area contributed by atoms with E-state index in [2.05, 4.69) is 52.4 Å². The van der Waals surface area contributed by atoms with Crippen LogP contribution in [-0.2, 0) is 6.42 Å². The summed E-state index contributed by atoms with van der Waals surface area (Å²) in [5, 5.41) is 10.5. The number of thiophene rings is 1. The number of likely N-dealkylation sites (tertiary alicyclic amines) is 1. The minimum absolute atomic E-state index is 0.180. The second-order valence-electron chi connectivity index (χ2n) is 6.77. The zero-order valence-corrected chi connectivity index (χ0v) is 15.3. The topological polar surface area (TPSA) is 42.2 Å². The zero-order chi connectivity index (χ0) is 17.1. The summed E-state index contributed by atoms with van der Waals surface area (Å²) < 4.78 is 5.91. The Kier molecular flexibility index (Phi) is 4.95. The van der Waals surface area contributed by atoms with Crippen molar-refractivity contribution in [3.63, 3.8) is 0 Å². The van der Waals surface area contributed by atoms with E-state index in [4.69, 9.17) is 4.42 Å². The third-order valence-corrected chi connectivity index (χ3v) is 5.95. The summed E-state index contributed by atoms with van der Waals surface area (Å²) in [7, 11) is 0. The van der Waals surface area contributed by atoms with Crippen molar-refractivity contribution >= 4 is 11.3 Å². The molecule has 1 atom stereocenters. The SMILES string of the molecule is C[C@@H](c1nnc(-c2cccs2)o1)N1CCC(Cc2ccccc2)CC1. The number of benzene rings is 1. The molecule has 2 aromatic heterocycles. The molecule has 0 radical (unpaired) electrons. The molecule has 1 fully saturated rings. The van der Waals surface area contributed by atoms with Crippen LogP contribution < -0.4 is 0 Å². The molecule has 0 saturated carbocycles. The fourth-order valence-corrected chi connectivity index (χ4v) is 4.20. The van der Waals surface area contributed by atoms with Crippen LogP contribution in [0.5, 0.6) is 0 Å². The molecule has 25 heavy (non-hydrogen) atoms. The molecule has 4 nitrogen and oxygen atoms in total. The lowest BCUT2D eigenvalue weighted by molar-refractivity contribution is 0.125. The number of hydrogen-bond acceptors (Lipinski definition) is 5. The quantitative estimate of drug-likeness (QED) is 0.660. The van der Waals surface area contributed by atoms with Crippen LogP contribution in [0.2, 0.25) is 0 Å². The van der Waals surface area contributed by atoms with Gasteiger partial charge in [-0.1, -0.05) is 36.4 Å². The first-order valence-electron chi connectivity index (χ1n) is 8.95. The maximum atomic E-state index is 5.91. The molecule has 0 spiro atoms. The van der Waals surface area contributed by atoms with Gasteiger partial charge >= 0.3 is 0 Å². The van der Waals surface area contributed by atoms with Crippen molar-refractivity contribution in [2.45, 2.75) is 32.2 Å². The number of aromatic nitrogens is 2. The third-order valence-electron chi connectivity index (χ3n) is 5.09. The molecule has 3 aromatic rings. The highest BCUT2D eigenvalue weighted by Gasteiger charge is 2.27. The van der Waals surface area contributed by atoms with Crippen molar-refractivity contribution in [2.75, 3.05) is 13.1 Å². The molecule has 4 rings (SSSR count). The lowest BCUT2D eigenvalue weighted by Gasteiger charge is -2.34. The summed E-state index contributed by atoms with van der Waals surface area (Å²) in [6.45, 7) is 4.36. The second kappa shape index (κ2) is 7.50. The maximum absolute atomic E-state index is 5.91. The Bertz CT molecular complexity index is 776. The Labute approximate surface area is 152 Å². The minimum Gasteiger partial charge on any atom is -0.418 e. The molecule has 1 saturated heterocycles. The first-order chi connectivity index (χ1) is 12.3. The fraction of sp³-hybridized carbons (Fsp3) is 0.400. The maximum Gasteiger partial charge on any atom is 0.257 e. The van der Waals surface area contributed by atoms with Gasteiger partial charge in [0.1, 0.15) is 0 Å². The van der Waals surface area contributed by atoms with E-state index < -0.39 is 0 Å². The average Bonchev–Trinajstić information content (AvgIpc) is 3.34. The van der Waals surface area contributed by atoms with Crippen molar-refractivity contribution in [2.24, 2.45) is 5.92 Å². The van der Waals surface area contributed by atoms with Crippen LogP contribution >= 0.6 is 11.3 Å². The lowest BCUT2D eigenvalue weighted by Crippen LogP contribution is -2.36. The van der Waals surface area contributed by atoms with Crippen LogP contribution in [0.15, 0.2) is 52.3 Å². The van der Waals surface area contributed by atoms with Crippen LogP contribution in [0.4, 0.5) is 0 Å². The highest BCUT2D eigenvalue weighted by molar-refractivity contribution is 7.13. The summed E-state index contributed by atoms with van der Waals surface area (Å²) in [6.07, 6.45) is 3.64. The van der Waals surface area contributed by atoms with E-state index in [0.29, 0.717) is 5.89 Å². The number of rotatable bonds is 5. The monoisotopic (exact) mass is 353 g/mol. The molecule has 0 bridgehead atoms. The summed E-state index contributed by atoms with van der Waals surface area (Å²) in [5.74, 6) is 2.14. The van der Waals surface area contributed by atoms with Crippen LogP contribution in [0.3, 0.4) is 0 Å². The van der Waals surface area contributed by atoms with Crippen LogP contribution in [0.1, 0.15) is 37.3 Å². The highest BCUT2D eigenvalue weighted by Crippen LogP contribution is 2.30. The zero-order valence-electron chi connectivity index (χ0n) is 14.5. The van der Waals surface area contributed by atoms with E-state index in [-0.39, 0.29) is 6.04 Å². The van der Waals surface area contributed by atoms with Crippen molar-refractivity contribution in [1.82, 2.24) is 15.1 Å². The second-order valence-corrected chi connectivity index (χ2v) is 7.72. The van der Waals surface area contributed by atoms with Gasteiger partial charge in [-0.2, -0.15) is 0 Å². The van der Waals surface area contributed by atoms with E-state index in [1.807, 2.05) is 17.5 Å². The molecular formula is C20H23N3OS. The first-order valence-corrected chi connectivity index (χ1v) is 9.83. The van der Waals surface area contributed by atoms with E-state index in [9.17, 15) is 0 Å². The number of hydrogen-bond donors (Lipinski definition) is 0. The van der Waals surface area contributed by atoms with Crippen LogP contribution in [0, 0.1) is 5.92 Å². The van der Waals surface area contributed by atoms with E-state index in [0.717, 1.165) is 29.8 Å². The van der Waals surface area contributed by atoms with Crippen LogP contribution in [0.25, 0.3) is 10.8 Å². The molecule has 3 heterocycles. The molecule has 0 unspecified atom stereocenters. The average molecular weight is 353 g/mol. The largest absolute Gasteiger partial charge is 0.418 e. The Morgan fingerprint density at radius 3 is 2.64 bits per heavy atom. The fourth-order valence-electron chi connectivity index (χ4n) is 3.55. The molecule has 1 aliphatic heterocycles. The van der Waals surface area contributed by atoms with Gasteiger partial charge in [0, 0.05) is 0 Å². The van der Waals surface area contributed by atoms with Crippen LogP contribution in [-0.4, -0.2) is 28.2 Å². The lowest BCUT2D eigenvalue weighted by atomic mass is 9.89. The predicted octanol–water partition coefficient (Wildman–Crippen LogP) is 4.81. The Morgan fingerprint density at radius 2 is 1.92 bits per heavy atom. The van der Waals surface area contributed by atoms with Gasteiger partial charge in [-0.25, -0.2) is 0 Å². The van der Waals surface area contributed by atoms with E-state index in [1.54, 1.807) is 11.3 Å². The standard InChI is InChI=1S/C20H23N3OS/c1-15(19-21-22-20(24-19)18-8-5-13-25-18)23-11-9-17(10-12-23)14-16-6-3-2-4-7-16/h2-8,13,15,17H,9-12,14H2,1H3/t15-/m0/s1. The van der Waals surface area contributed by atoms with Gasteiger partial charge in [0.25, 0.3) is 5.89 Å². The highest BCUT2D eigenvalue weighted by atomic mass is 32.1. The number of nitrogens with zero attached hydrogens (tertiary/aromatic N) is 3. The van der Waals surface area contributed by atoms with Gasteiger partial charge in [-0.3, -0.25) is 4.90 Å². The summed E-state index contributed by atoms with van der Waals surface area (Å²) >= 11 is 1.63. The normalized spacial score (nSPS) is 17.6. The van der Waals surface area contributed by atoms with Gasteiger partial charge in [0.05, 0.1) is 10.9 Å². The van der Waals surface area contributed by atoms with Gasteiger partial charge in [-0.15, -0.1) is 21.5 Å². The minimum atomic E-state index is 0.180. The molecule has 5 heteroatoms. The van der Waals surface area contributed by atoms with E-state index >= 15 is 0 Å². The van der Waals surface area contributed by atoms with E-state index in [1.165, 1.54) is 24.8 Å². The van der Waals surface area contributed by atoms with Crippen molar-refractivity contribution in [1.29, 1.82) is 0 Å². The van der Waals surface area contributed by atoms with Crippen molar-refractivity contribution in [3.8, 4) is 10.8 Å². The predicted molar refractivity (Wildman–Crippen MR) is 100 cm³/mol. The smallest absolute Gasteiger partial charge is 0.257 e. The van der Waals surface area contributed by atoms with Gasteiger partial charge in [-0.05, 0) is 62.2 Å². The van der Waals surface area contributed by atoms with Crippen molar-refractivity contribution in [3.05, 3.63) is 59.3 Å². The molecular weight excluding hydrogens is 330 g/mol. The first kappa shape index (κ1) is 16.5. The Balaban J connectivity index is 1.34.